The maximum absolute atomic E-state index is 11.6. The lowest BCUT2D eigenvalue weighted by Gasteiger charge is -2.24. The highest BCUT2D eigenvalue weighted by atomic mass is 16.4. The van der Waals surface area contributed by atoms with Crippen LogP contribution in [0.2, 0.25) is 0 Å². The van der Waals surface area contributed by atoms with Crippen molar-refractivity contribution in [2.24, 2.45) is 11.1 Å². The van der Waals surface area contributed by atoms with Gasteiger partial charge in [0, 0.05) is 13.0 Å². The fourth-order valence-electron chi connectivity index (χ4n) is 1.67. The number of carbonyl (C=O) groups is 2. The third-order valence-corrected chi connectivity index (χ3v) is 3.05. The number of carboxylic acids is 1. The molecular formula is C13H26N2O3. The number of hydrogen-bond acceptors (Lipinski definition) is 3. The fourth-order valence-corrected chi connectivity index (χ4v) is 1.67. The van der Waals surface area contributed by atoms with Crippen LogP contribution in [0.4, 0.5) is 0 Å². The summed E-state index contributed by atoms with van der Waals surface area (Å²) in [6.45, 7) is 6.55. The summed E-state index contributed by atoms with van der Waals surface area (Å²) in [5, 5.41) is 11.4. The van der Waals surface area contributed by atoms with E-state index >= 15 is 0 Å². The van der Waals surface area contributed by atoms with E-state index < -0.39 is 12.0 Å². The highest BCUT2D eigenvalue weighted by molar-refractivity contribution is 5.81. The summed E-state index contributed by atoms with van der Waals surface area (Å²) in [6, 6.07) is -0.433. The minimum Gasteiger partial charge on any atom is -0.481 e. The molecule has 0 aliphatic rings. The number of aliphatic carboxylic acids is 1. The average molecular weight is 258 g/mol. The van der Waals surface area contributed by atoms with Crippen molar-refractivity contribution in [2.45, 2.75) is 58.9 Å². The van der Waals surface area contributed by atoms with Crippen molar-refractivity contribution in [1.82, 2.24) is 5.32 Å². The molecule has 0 spiro atoms. The van der Waals surface area contributed by atoms with Crippen molar-refractivity contribution in [1.29, 1.82) is 0 Å². The van der Waals surface area contributed by atoms with Gasteiger partial charge in [0.25, 0.3) is 0 Å². The Balaban J connectivity index is 3.88. The molecule has 0 bridgehead atoms. The topological polar surface area (TPSA) is 92.4 Å². The molecule has 0 aromatic heterocycles. The highest BCUT2D eigenvalue weighted by Gasteiger charge is 2.20. The van der Waals surface area contributed by atoms with E-state index in [1.54, 1.807) is 0 Å². The first kappa shape index (κ1) is 16.9. The number of nitrogens with one attached hydrogen (secondary N) is 1. The van der Waals surface area contributed by atoms with Gasteiger partial charge in [0.1, 0.15) is 0 Å². The summed E-state index contributed by atoms with van der Waals surface area (Å²) in [4.78, 5) is 22.1. The van der Waals surface area contributed by atoms with E-state index in [-0.39, 0.29) is 17.7 Å². The van der Waals surface area contributed by atoms with Crippen molar-refractivity contribution in [3.05, 3.63) is 0 Å². The minimum atomic E-state index is -0.780. The summed E-state index contributed by atoms with van der Waals surface area (Å²) in [5.41, 5.74) is 5.60. The first-order valence-electron chi connectivity index (χ1n) is 6.53. The van der Waals surface area contributed by atoms with Crippen LogP contribution in [0.3, 0.4) is 0 Å². The molecular weight excluding hydrogens is 232 g/mol. The van der Waals surface area contributed by atoms with Gasteiger partial charge in [0.15, 0.2) is 0 Å². The fraction of sp³-hybridized carbons (Fsp3) is 0.846. The summed E-state index contributed by atoms with van der Waals surface area (Å²) >= 11 is 0. The molecule has 18 heavy (non-hydrogen) atoms. The van der Waals surface area contributed by atoms with E-state index in [0.29, 0.717) is 19.4 Å². The van der Waals surface area contributed by atoms with Gasteiger partial charge >= 0.3 is 5.97 Å². The molecule has 0 aliphatic carbocycles. The van der Waals surface area contributed by atoms with Crippen LogP contribution in [0.25, 0.3) is 0 Å². The molecule has 5 heteroatoms. The zero-order valence-electron chi connectivity index (χ0n) is 11.7. The van der Waals surface area contributed by atoms with Crippen molar-refractivity contribution in [3.63, 3.8) is 0 Å². The Morgan fingerprint density at radius 3 is 2.44 bits per heavy atom. The number of rotatable bonds is 9. The molecule has 0 saturated carbocycles. The predicted molar refractivity (Wildman–Crippen MR) is 71.2 cm³/mol. The monoisotopic (exact) mass is 258 g/mol. The maximum Gasteiger partial charge on any atom is 0.303 e. The lowest BCUT2D eigenvalue weighted by atomic mass is 9.84. The van der Waals surface area contributed by atoms with E-state index in [4.69, 9.17) is 10.8 Å². The van der Waals surface area contributed by atoms with Crippen LogP contribution in [0.5, 0.6) is 0 Å². The second-order valence-electron chi connectivity index (χ2n) is 5.49. The Kier molecular flexibility index (Phi) is 7.59. The van der Waals surface area contributed by atoms with E-state index in [1.807, 2.05) is 20.8 Å². The quantitative estimate of drug-likeness (QED) is 0.584. The Hall–Kier alpha value is -1.10. The number of hydrogen-bond donors (Lipinski definition) is 3. The molecule has 0 saturated heterocycles. The lowest BCUT2D eigenvalue weighted by Crippen LogP contribution is -2.41. The summed E-state index contributed by atoms with van der Waals surface area (Å²) < 4.78 is 0. The Bertz CT molecular complexity index is 277. The second-order valence-corrected chi connectivity index (χ2v) is 5.49. The molecule has 0 radical (unpaired) electrons. The molecule has 1 amide bonds. The van der Waals surface area contributed by atoms with E-state index in [2.05, 4.69) is 5.32 Å². The van der Waals surface area contributed by atoms with Gasteiger partial charge in [-0.05, 0) is 24.7 Å². The van der Waals surface area contributed by atoms with Gasteiger partial charge < -0.3 is 16.2 Å². The number of amides is 1. The maximum atomic E-state index is 11.6. The largest absolute Gasteiger partial charge is 0.481 e. The van der Waals surface area contributed by atoms with Crippen molar-refractivity contribution in [2.75, 3.05) is 6.54 Å². The van der Waals surface area contributed by atoms with Crippen LogP contribution >= 0.6 is 0 Å². The van der Waals surface area contributed by atoms with Crippen molar-refractivity contribution < 1.29 is 14.7 Å². The molecule has 0 aromatic carbocycles. The van der Waals surface area contributed by atoms with Gasteiger partial charge in [-0.15, -0.1) is 0 Å². The molecule has 1 atom stereocenters. The minimum absolute atomic E-state index is 0.0828. The van der Waals surface area contributed by atoms with Crippen LogP contribution < -0.4 is 11.1 Å². The highest BCUT2D eigenvalue weighted by Crippen LogP contribution is 2.25. The van der Waals surface area contributed by atoms with Gasteiger partial charge in [0.2, 0.25) is 5.91 Å². The Morgan fingerprint density at radius 2 is 1.94 bits per heavy atom. The van der Waals surface area contributed by atoms with Crippen LogP contribution in [0.1, 0.15) is 52.9 Å². The zero-order valence-corrected chi connectivity index (χ0v) is 11.7. The molecule has 1 unspecified atom stereocenters. The third-order valence-electron chi connectivity index (χ3n) is 3.05. The molecule has 0 heterocycles. The van der Waals surface area contributed by atoms with Crippen LogP contribution in [-0.2, 0) is 9.59 Å². The summed E-state index contributed by atoms with van der Waals surface area (Å²) in [6.07, 6.45) is 3.10. The molecule has 106 valence electrons. The first-order chi connectivity index (χ1) is 8.28. The van der Waals surface area contributed by atoms with Gasteiger partial charge in [0.05, 0.1) is 6.04 Å². The molecule has 0 aromatic rings. The molecule has 5 nitrogen and oxygen atoms in total. The second kappa shape index (κ2) is 8.08. The molecule has 4 N–H and O–H groups in total. The first-order valence-corrected chi connectivity index (χ1v) is 6.53. The zero-order chi connectivity index (χ0) is 14.2. The van der Waals surface area contributed by atoms with E-state index in [1.165, 1.54) is 0 Å². The normalized spacial score (nSPS) is 13.1. The molecule has 0 fully saturated rings. The van der Waals surface area contributed by atoms with Crippen LogP contribution in [0.15, 0.2) is 0 Å². The lowest BCUT2D eigenvalue weighted by molar-refractivity contribution is -0.137. The van der Waals surface area contributed by atoms with Crippen molar-refractivity contribution in [3.8, 4) is 0 Å². The standard InChI is InChI=1S/C13H26N2O3/c1-4-5-10(14)12(18)15-9-8-13(2,3)7-6-11(16)17/h10H,4-9,14H2,1-3H3,(H,15,18)(H,16,17). The SMILES string of the molecule is CCCC(N)C(=O)NCCC(C)(C)CCC(=O)O. The Labute approximate surface area is 109 Å². The summed E-state index contributed by atoms with van der Waals surface area (Å²) in [7, 11) is 0. The van der Waals surface area contributed by atoms with Gasteiger partial charge in [-0.25, -0.2) is 0 Å². The molecule has 0 rings (SSSR count). The van der Waals surface area contributed by atoms with Crippen molar-refractivity contribution >= 4 is 11.9 Å². The Morgan fingerprint density at radius 1 is 1.33 bits per heavy atom. The number of carboxylic acid groups (broad SMARTS) is 1. The summed E-state index contributed by atoms with van der Waals surface area (Å²) in [5.74, 6) is -0.900. The van der Waals surface area contributed by atoms with Crippen LogP contribution in [0, 0.1) is 5.41 Å². The van der Waals surface area contributed by atoms with Gasteiger partial charge in [-0.3, -0.25) is 9.59 Å². The third kappa shape index (κ3) is 8.06. The number of nitrogens with two attached hydrogens (primary N) is 1. The van der Waals surface area contributed by atoms with E-state index in [0.717, 1.165) is 12.8 Å². The van der Waals surface area contributed by atoms with Gasteiger partial charge in [-0.1, -0.05) is 27.2 Å². The van der Waals surface area contributed by atoms with E-state index in [9.17, 15) is 9.59 Å². The number of carbonyl (C=O) groups excluding carboxylic acids is 1. The van der Waals surface area contributed by atoms with Crippen LogP contribution in [-0.4, -0.2) is 29.6 Å². The van der Waals surface area contributed by atoms with Gasteiger partial charge in [-0.2, -0.15) is 0 Å². The average Bonchev–Trinajstić information content (AvgIpc) is 2.26. The smallest absolute Gasteiger partial charge is 0.303 e. The predicted octanol–water partition coefficient (Wildman–Crippen LogP) is 1.51. The molecule has 0 aliphatic heterocycles.